The number of nitrogens with one attached hydrogen (secondary N) is 1. The fourth-order valence-electron chi connectivity index (χ4n) is 1.55. The zero-order valence-electron chi connectivity index (χ0n) is 11.0. The first kappa shape index (κ1) is 16.4. The van der Waals surface area contributed by atoms with E-state index in [2.05, 4.69) is 5.32 Å². The van der Waals surface area contributed by atoms with Crippen LogP contribution in [0.4, 0.5) is 17.6 Å². The second kappa shape index (κ2) is 6.21. The number of carbonyl (C=O) groups is 1. The lowest BCUT2D eigenvalue weighted by Crippen LogP contribution is -2.34. The summed E-state index contributed by atoms with van der Waals surface area (Å²) in [4.78, 5) is 11.5. The van der Waals surface area contributed by atoms with Crippen LogP contribution in [0, 0.1) is 11.7 Å². The zero-order chi connectivity index (χ0) is 15.5. The van der Waals surface area contributed by atoms with Crippen LogP contribution in [0.15, 0.2) is 18.2 Å². The van der Waals surface area contributed by atoms with Crippen molar-refractivity contribution in [3.05, 3.63) is 35.1 Å². The summed E-state index contributed by atoms with van der Waals surface area (Å²) in [5.74, 6) is -1.92. The summed E-state index contributed by atoms with van der Waals surface area (Å²) in [6.45, 7) is 2.56. The van der Waals surface area contributed by atoms with E-state index in [9.17, 15) is 27.5 Å². The second-order valence-electron chi connectivity index (χ2n) is 4.67. The van der Waals surface area contributed by atoms with Crippen LogP contribution >= 0.6 is 0 Å². The molecule has 0 aromatic heterocycles. The summed E-state index contributed by atoms with van der Waals surface area (Å²) < 4.78 is 51.0. The lowest BCUT2D eigenvalue weighted by molar-refractivity contribution is -0.137. The van der Waals surface area contributed by atoms with E-state index in [1.807, 2.05) is 0 Å². The van der Waals surface area contributed by atoms with Gasteiger partial charge in [0.2, 0.25) is 5.91 Å². The number of alkyl halides is 3. The van der Waals surface area contributed by atoms with Gasteiger partial charge in [-0.3, -0.25) is 4.79 Å². The predicted octanol–water partition coefficient (Wildman–Crippen LogP) is 2.65. The Balaban J connectivity index is 3.10. The fraction of sp³-hybridized carbons (Fsp3) is 0.462. The average Bonchev–Trinajstić information content (AvgIpc) is 2.33. The smallest absolute Gasteiger partial charge is 0.394 e. The summed E-state index contributed by atoms with van der Waals surface area (Å²) in [5.41, 5.74) is -1.29. The van der Waals surface area contributed by atoms with Crippen LogP contribution in [-0.2, 0) is 11.0 Å². The molecule has 3 nitrogen and oxygen atoms in total. The maximum atomic E-state index is 13.3. The Morgan fingerprint density at radius 3 is 2.35 bits per heavy atom. The van der Waals surface area contributed by atoms with Crippen molar-refractivity contribution >= 4 is 5.91 Å². The Morgan fingerprint density at radius 1 is 1.30 bits per heavy atom. The van der Waals surface area contributed by atoms with E-state index in [4.69, 9.17) is 0 Å². The van der Waals surface area contributed by atoms with E-state index in [-0.39, 0.29) is 5.56 Å². The molecule has 1 amide bonds. The van der Waals surface area contributed by atoms with Crippen LogP contribution in [0.25, 0.3) is 0 Å². The molecule has 0 saturated carbocycles. The van der Waals surface area contributed by atoms with E-state index in [0.717, 1.165) is 6.07 Å². The Morgan fingerprint density at radius 2 is 1.90 bits per heavy atom. The van der Waals surface area contributed by atoms with E-state index in [0.29, 0.717) is 12.1 Å². The monoisotopic (exact) mass is 293 g/mol. The first-order chi connectivity index (χ1) is 9.15. The van der Waals surface area contributed by atoms with Gasteiger partial charge in [0.15, 0.2) is 0 Å². The second-order valence-corrected chi connectivity index (χ2v) is 4.67. The molecule has 0 saturated heterocycles. The molecule has 0 heterocycles. The highest BCUT2D eigenvalue weighted by atomic mass is 19.4. The maximum Gasteiger partial charge on any atom is 0.416 e. The number of amides is 1. The molecule has 0 fully saturated rings. The number of carbonyl (C=O) groups excluding carboxylic acids is 1. The summed E-state index contributed by atoms with van der Waals surface area (Å²) >= 11 is 0. The van der Waals surface area contributed by atoms with Gasteiger partial charge in [0.05, 0.1) is 18.2 Å². The Kier molecular flexibility index (Phi) is 5.10. The van der Waals surface area contributed by atoms with Gasteiger partial charge in [0.1, 0.15) is 5.82 Å². The number of aliphatic hydroxyl groups excluding tert-OH is 1. The Labute approximate surface area is 113 Å². The van der Waals surface area contributed by atoms with Crippen molar-refractivity contribution in [2.75, 3.05) is 6.61 Å². The highest BCUT2D eigenvalue weighted by molar-refractivity contribution is 5.78. The van der Waals surface area contributed by atoms with Gasteiger partial charge in [-0.15, -0.1) is 0 Å². The number of hydrogen-bond acceptors (Lipinski definition) is 2. The maximum absolute atomic E-state index is 13.3. The molecular formula is C13H15F4NO2. The van der Waals surface area contributed by atoms with Gasteiger partial charge in [-0.1, -0.05) is 13.8 Å². The SMILES string of the molecule is CC(C)C(=O)NC(CO)c1cc(F)cc(C(F)(F)F)c1. The summed E-state index contributed by atoms with van der Waals surface area (Å²) in [6.07, 6.45) is -4.70. The molecule has 1 rings (SSSR count). The first-order valence-electron chi connectivity index (χ1n) is 5.94. The molecule has 1 aromatic rings. The number of aliphatic hydroxyl groups is 1. The first-order valence-corrected chi connectivity index (χ1v) is 5.94. The standard InChI is InChI=1S/C13H15F4NO2/c1-7(2)12(20)18-11(6-19)8-3-9(13(15,16)17)5-10(14)4-8/h3-5,7,11,19H,6H2,1-2H3,(H,18,20). The molecule has 0 aliphatic heterocycles. The van der Waals surface area contributed by atoms with Crippen molar-refractivity contribution in [2.24, 2.45) is 5.92 Å². The minimum atomic E-state index is -4.70. The van der Waals surface area contributed by atoms with E-state index in [1.165, 1.54) is 0 Å². The van der Waals surface area contributed by atoms with Gasteiger partial charge in [0, 0.05) is 5.92 Å². The molecule has 2 N–H and O–H groups in total. The summed E-state index contributed by atoms with van der Waals surface area (Å²) in [6, 6.07) is 0.852. The van der Waals surface area contributed by atoms with Crippen molar-refractivity contribution in [2.45, 2.75) is 26.1 Å². The molecule has 1 unspecified atom stereocenters. The highest BCUT2D eigenvalue weighted by Gasteiger charge is 2.32. The van der Waals surface area contributed by atoms with E-state index in [1.54, 1.807) is 13.8 Å². The third-order valence-electron chi connectivity index (χ3n) is 2.67. The quantitative estimate of drug-likeness (QED) is 0.838. The fourth-order valence-corrected chi connectivity index (χ4v) is 1.55. The molecule has 0 radical (unpaired) electrons. The highest BCUT2D eigenvalue weighted by Crippen LogP contribution is 2.31. The molecular weight excluding hydrogens is 278 g/mol. The van der Waals surface area contributed by atoms with Crippen molar-refractivity contribution < 1.29 is 27.5 Å². The minimum absolute atomic E-state index is 0.131. The van der Waals surface area contributed by atoms with Gasteiger partial charge in [-0.2, -0.15) is 13.2 Å². The molecule has 7 heteroatoms. The third-order valence-corrected chi connectivity index (χ3v) is 2.67. The molecule has 1 aromatic carbocycles. The molecule has 0 spiro atoms. The van der Waals surface area contributed by atoms with Crippen molar-refractivity contribution in [3.8, 4) is 0 Å². The van der Waals surface area contributed by atoms with Crippen molar-refractivity contribution in [3.63, 3.8) is 0 Å². The predicted molar refractivity (Wildman–Crippen MR) is 64.2 cm³/mol. The molecule has 0 aliphatic rings. The van der Waals surface area contributed by atoms with Crippen molar-refractivity contribution in [1.29, 1.82) is 0 Å². The number of hydrogen-bond donors (Lipinski definition) is 2. The normalized spacial score (nSPS) is 13.4. The van der Waals surface area contributed by atoms with Gasteiger partial charge < -0.3 is 10.4 Å². The lowest BCUT2D eigenvalue weighted by atomic mass is 10.0. The minimum Gasteiger partial charge on any atom is -0.394 e. The largest absolute Gasteiger partial charge is 0.416 e. The molecule has 112 valence electrons. The van der Waals surface area contributed by atoms with Crippen LogP contribution < -0.4 is 5.32 Å². The Bertz CT molecular complexity index is 486. The lowest BCUT2D eigenvalue weighted by Gasteiger charge is -2.19. The van der Waals surface area contributed by atoms with Crippen LogP contribution in [-0.4, -0.2) is 17.6 Å². The van der Waals surface area contributed by atoms with Crippen LogP contribution in [0.3, 0.4) is 0 Å². The average molecular weight is 293 g/mol. The van der Waals surface area contributed by atoms with Gasteiger partial charge in [-0.05, 0) is 23.8 Å². The van der Waals surface area contributed by atoms with Crippen LogP contribution in [0.5, 0.6) is 0 Å². The summed E-state index contributed by atoms with van der Waals surface area (Å²) in [5, 5.41) is 11.5. The van der Waals surface area contributed by atoms with E-state index < -0.39 is 42.0 Å². The number of halogens is 4. The van der Waals surface area contributed by atoms with Gasteiger partial charge in [-0.25, -0.2) is 4.39 Å². The summed E-state index contributed by atoms with van der Waals surface area (Å²) in [7, 11) is 0. The zero-order valence-corrected chi connectivity index (χ0v) is 11.0. The molecule has 20 heavy (non-hydrogen) atoms. The third kappa shape index (κ3) is 4.19. The molecule has 0 bridgehead atoms. The topological polar surface area (TPSA) is 49.3 Å². The van der Waals surface area contributed by atoms with Gasteiger partial charge in [0.25, 0.3) is 0 Å². The Hall–Kier alpha value is -1.63. The van der Waals surface area contributed by atoms with Gasteiger partial charge >= 0.3 is 6.18 Å². The number of benzene rings is 1. The number of rotatable bonds is 4. The molecule has 1 atom stereocenters. The molecule has 0 aliphatic carbocycles. The van der Waals surface area contributed by atoms with Crippen LogP contribution in [0.1, 0.15) is 31.0 Å². The van der Waals surface area contributed by atoms with E-state index >= 15 is 0 Å². The van der Waals surface area contributed by atoms with Crippen LogP contribution in [0.2, 0.25) is 0 Å². The van der Waals surface area contributed by atoms with Crippen molar-refractivity contribution in [1.82, 2.24) is 5.32 Å².